The number of carbonyl (C=O) groups excluding carboxylic acids is 1. The van der Waals surface area contributed by atoms with Crippen molar-refractivity contribution < 1.29 is 4.79 Å². The van der Waals surface area contributed by atoms with E-state index in [0.717, 1.165) is 29.3 Å². The molecule has 3 aromatic carbocycles. The monoisotopic (exact) mass is 330 g/mol. The van der Waals surface area contributed by atoms with Crippen molar-refractivity contribution in [3.8, 4) is 0 Å². The van der Waals surface area contributed by atoms with Crippen molar-refractivity contribution in [1.29, 1.82) is 0 Å². The molecule has 0 saturated heterocycles. The molecule has 0 radical (unpaired) electrons. The Balaban J connectivity index is 1.54. The molecule has 3 N–H and O–H groups in total. The fourth-order valence-electron chi connectivity index (χ4n) is 3.53. The van der Waals surface area contributed by atoms with Gasteiger partial charge in [0.05, 0.1) is 0 Å². The van der Waals surface area contributed by atoms with Crippen LogP contribution in [0.25, 0.3) is 10.8 Å². The van der Waals surface area contributed by atoms with Crippen LogP contribution in [-0.4, -0.2) is 11.4 Å². The van der Waals surface area contributed by atoms with Crippen LogP contribution in [0, 0.1) is 0 Å². The van der Waals surface area contributed by atoms with Crippen LogP contribution in [0.2, 0.25) is 0 Å². The highest BCUT2D eigenvalue weighted by Gasteiger charge is 2.49. The molecule has 0 unspecified atom stereocenters. The first kappa shape index (κ1) is 15.9. The van der Waals surface area contributed by atoms with E-state index in [0.29, 0.717) is 11.5 Å². The van der Waals surface area contributed by atoms with Gasteiger partial charge in [-0.15, -0.1) is 0 Å². The highest BCUT2D eigenvalue weighted by Crippen LogP contribution is 2.51. The number of rotatable bonds is 4. The molecule has 3 aromatic rings. The van der Waals surface area contributed by atoms with E-state index < -0.39 is 0 Å². The van der Waals surface area contributed by atoms with Gasteiger partial charge in [-0.2, -0.15) is 0 Å². The lowest BCUT2D eigenvalue weighted by Crippen LogP contribution is -2.22. The van der Waals surface area contributed by atoms with E-state index in [2.05, 4.69) is 18.3 Å². The summed E-state index contributed by atoms with van der Waals surface area (Å²) in [7, 11) is 0. The summed E-state index contributed by atoms with van der Waals surface area (Å²) in [5.41, 5.74) is 8.95. The molecule has 0 spiro atoms. The van der Waals surface area contributed by atoms with E-state index in [4.69, 9.17) is 5.73 Å². The number of amides is 1. The summed E-state index contributed by atoms with van der Waals surface area (Å²) < 4.78 is 0. The molecule has 126 valence electrons. The molecule has 0 heterocycles. The minimum absolute atomic E-state index is 0.0685. The summed E-state index contributed by atoms with van der Waals surface area (Å²) in [5, 5.41) is 5.21. The number of nitrogens with one attached hydrogen (secondary N) is 1. The Hall–Kier alpha value is -2.65. The van der Waals surface area contributed by atoms with Crippen molar-refractivity contribution in [2.24, 2.45) is 5.73 Å². The Labute approximate surface area is 147 Å². The molecule has 3 heteroatoms. The maximum absolute atomic E-state index is 12.6. The summed E-state index contributed by atoms with van der Waals surface area (Å²) >= 11 is 0. The zero-order valence-corrected chi connectivity index (χ0v) is 14.3. The molecular formula is C22H22N2O. The SMILES string of the molecule is CC[C@]1(N)C[C@H]1c1cccc(NC(=O)c2ccc3ccccc3c2)c1. The second-order valence-corrected chi connectivity index (χ2v) is 6.98. The van der Waals surface area contributed by atoms with Crippen LogP contribution >= 0.6 is 0 Å². The molecule has 1 aliphatic rings. The van der Waals surface area contributed by atoms with Crippen molar-refractivity contribution in [1.82, 2.24) is 0 Å². The Morgan fingerprint density at radius 3 is 2.64 bits per heavy atom. The molecule has 0 aliphatic heterocycles. The zero-order valence-electron chi connectivity index (χ0n) is 14.3. The number of nitrogens with two attached hydrogens (primary N) is 1. The van der Waals surface area contributed by atoms with Crippen LogP contribution in [0.1, 0.15) is 41.6 Å². The lowest BCUT2D eigenvalue weighted by molar-refractivity contribution is 0.102. The maximum atomic E-state index is 12.6. The molecule has 1 amide bonds. The van der Waals surface area contributed by atoms with Crippen LogP contribution in [0.4, 0.5) is 5.69 Å². The first-order chi connectivity index (χ1) is 12.1. The topological polar surface area (TPSA) is 55.1 Å². The summed E-state index contributed by atoms with van der Waals surface area (Å²) in [5.74, 6) is 0.309. The van der Waals surface area contributed by atoms with Crippen LogP contribution in [-0.2, 0) is 0 Å². The number of fused-ring (bicyclic) bond motifs is 1. The third-order valence-corrected chi connectivity index (χ3v) is 5.33. The fourth-order valence-corrected chi connectivity index (χ4v) is 3.53. The number of benzene rings is 3. The lowest BCUT2D eigenvalue weighted by Gasteiger charge is -2.11. The molecule has 1 fully saturated rings. The first-order valence-electron chi connectivity index (χ1n) is 8.78. The van der Waals surface area contributed by atoms with Gasteiger partial charge in [-0.3, -0.25) is 4.79 Å². The van der Waals surface area contributed by atoms with Gasteiger partial charge < -0.3 is 11.1 Å². The van der Waals surface area contributed by atoms with E-state index in [-0.39, 0.29) is 11.4 Å². The molecule has 3 nitrogen and oxygen atoms in total. The Morgan fingerprint density at radius 2 is 1.88 bits per heavy atom. The first-order valence-corrected chi connectivity index (χ1v) is 8.78. The second kappa shape index (κ2) is 6.01. The van der Waals surface area contributed by atoms with Gasteiger partial charge in [0.25, 0.3) is 5.91 Å². The molecular weight excluding hydrogens is 308 g/mol. The van der Waals surface area contributed by atoms with Crippen LogP contribution in [0.15, 0.2) is 66.7 Å². The minimum atomic E-state index is -0.0896. The third kappa shape index (κ3) is 3.03. The van der Waals surface area contributed by atoms with Gasteiger partial charge in [-0.25, -0.2) is 0 Å². The van der Waals surface area contributed by atoms with Crippen LogP contribution in [0.3, 0.4) is 0 Å². The molecule has 0 bridgehead atoms. The Morgan fingerprint density at radius 1 is 1.08 bits per heavy atom. The molecule has 4 rings (SSSR count). The van der Waals surface area contributed by atoms with E-state index in [1.54, 1.807) is 0 Å². The Kier molecular flexibility index (Phi) is 3.81. The number of hydrogen-bond acceptors (Lipinski definition) is 2. The van der Waals surface area contributed by atoms with E-state index >= 15 is 0 Å². The predicted octanol–water partition coefficient (Wildman–Crippen LogP) is 4.69. The number of carbonyl (C=O) groups is 1. The third-order valence-electron chi connectivity index (χ3n) is 5.33. The van der Waals surface area contributed by atoms with E-state index in [1.807, 2.05) is 60.7 Å². The van der Waals surface area contributed by atoms with Crippen molar-refractivity contribution in [2.45, 2.75) is 31.2 Å². The van der Waals surface area contributed by atoms with E-state index in [1.165, 1.54) is 5.56 Å². The van der Waals surface area contributed by atoms with Crippen molar-refractivity contribution in [2.75, 3.05) is 5.32 Å². The van der Waals surface area contributed by atoms with Gasteiger partial charge in [0.2, 0.25) is 0 Å². The average molecular weight is 330 g/mol. The van der Waals surface area contributed by atoms with Crippen LogP contribution < -0.4 is 11.1 Å². The highest BCUT2D eigenvalue weighted by atomic mass is 16.1. The fraction of sp³-hybridized carbons (Fsp3) is 0.227. The second-order valence-electron chi connectivity index (χ2n) is 6.98. The molecule has 2 atom stereocenters. The summed E-state index contributed by atoms with van der Waals surface area (Å²) in [6, 6.07) is 21.9. The smallest absolute Gasteiger partial charge is 0.255 e. The highest BCUT2D eigenvalue weighted by molar-refractivity contribution is 6.06. The lowest BCUT2D eigenvalue weighted by atomic mass is 10.0. The van der Waals surface area contributed by atoms with Gasteiger partial charge in [0.1, 0.15) is 0 Å². The van der Waals surface area contributed by atoms with Gasteiger partial charge in [-0.1, -0.05) is 49.4 Å². The standard InChI is InChI=1S/C22H22N2O/c1-2-22(23)14-20(22)17-8-5-9-19(13-17)24-21(25)18-11-10-15-6-3-4-7-16(15)12-18/h3-13,20H,2,14,23H2,1H3,(H,24,25)/t20-,22-/m0/s1. The van der Waals surface area contributed by atoms with Gasteiger partial charge in [0, 0.05) is 22.7 Å². The van der Waals surface area contributed by atoms with E-state index in [9.17, 15) is 4.79 Å². The predicted molar refractivity (Wildman–Crippen MR) is 103 cm³/mol. The number of anilines is 1. The molecule has 1 saturated carbocycles. The Bertz CT molecular complexity index is 949. The average Bonchev–Trinajstić information content (AvgIpc) is 3.34. The maximum Gasteiger partial charge on any atom is 0.255 e. The van der Waals surface area contributed by atoms with Gasteiger partial charge in [-0.05, 0) is 53.4 Å². The minimum Gasteiger partial charge on any atom is -0.325 e. The molecule has 0 aromatic heterocycles. The summed E-state index contributed by atoms with van der Waals surface area (Å²) in [6.45, 7) is 2.13. The largest absolute Gasteiger partial charge is 0.325 e. The van der Waals surface area contributed by atoms with Gasteiger partial charge in [0.15, 0.2) is 0 Å². The number of hydrogen-bond donors (Lipinski definition) is 2. The van der Waals surface area contributed by atoms with Crippen molar-refractivity contribution in [3.63, 3.8) is 0 Å². The molecule has 1 aliphatic carbocycles. The summed E-state index contributed by atoms with van der Waals surface area (Å²) in [6.07, 6.45) is 2.00. The normalized spacial score (nSPS) is 21.9. The zero-order chi connectivity index (χ0) is 17.4. The quantitative estimate of drug-likeness (QED) is 0.729. The summed E-state index contributed by atoms with van der Waals surface area (Å²) in [4.78, 5) is 12.6. The van der Waals surface area contributed by atoms with Crippen molar-refractivity contribution in [3.05, 3.63) is 77.9 Å². The van der Waals surface area contributed by atoms with Gasteiger partial charge >= 0.3 is 0 Å². The van der Waals surface area contributed by atoms with Crippen LogP contribution in [0.5, 0.6) is 0 Å². The van der Waals surface area contributed by atoms with Crippen molar-refractivity contribution >= 4 is 22.4 Å². The molecule has 25 heavy (non-hydrogen) atoms.